The van der Waals surface area contributed by atoms with Crippen LogP contribution in [0.5, 0.6) is 0 Å². The molecule has 0 rings (SSSR count). The minimum atomic E-state index is -0.535. The second-order valence-corrected chi connectivity index (χ2v) is 6.66. The van der Waals surface area contributed by atoms with E-state index in [0.717, 1.165) is 6.04 Å². The SMILES string of the molecule is CC[SiH](CC)CC(OC)OC. The number of methoxy groups -OCH3 is 2. The summed E-state index contributed by atoms with van der Waals surface area (Å²) >= 11 is 0. The maximum Gasteiger partial charge on any atom is 0.154 e. The van der Waals surface area contributed by atoms with Crippen LogP contribution in [-0.4, -0.2) is 29.3 Å². The van der Waals surface area contributed by atoms with E-state index in [1.807, 2.05) is 0 Å². The predicted molar refractivity (Wildman–Crippen MR) is 50.7 cm³/mol. The van der Waals surface area contributed by atoms with Crippen LogP contribution in [0.1, 0.15) is 13.8 Å². The molecule has 68 valence electrons. The maximum absolute atomic E-state index is 5.15. The maximum atomic E-state index is 5.15. The summed E-state index contributed by atoms with van der Waals surface area (Å²) in [7, 11) is 2.89. The van der Waals surface area contributed by atoms with Crippen molar-refractivity contribution in [3.8, 4) is 0 Å². The largest absolute Gasteiger partial charge is 0.356 e. The Morgan fingerprint density at radius 1 is 1.09 bits per heavy atom. The third kappa shape index (κ3) is 4.56. The van der Waals surface area contributed by atoms with E-state index in [9.17, 15) is 0 Å². The van der Waals surface area contributed by atoms with Gasteiger partial charge in [-0.3, -0.25) is 0 Å². The molecule has 0 aromatic carbocycles. The van der Waals surface area contributed by atoms with Gasteiger partial charge in [-0.15, -0.1) is 0 Å². The Hall–Kier alpha value is 0.137. The Bertz CT molecular complexity index is 70.2. The minimum Gasteiger partial charge on any atom is -0.356 e. The molecule has 0 fully saturated rings. The van der Waals surface area contributed by atoms with E-state index in [-0.39, 0.29) is 6.29 Å². The summed E-state index contributed by atoms with van der Waals surface area (Å²) in [6.45, 7) is 4.53. The third-order valence-electron chi connectivity index (χ3n) is 2.21. The average Bonchev–Trinajstić information content (AvgIpc) is 2.07. The lowest BCUT2D eigenvalue weighted by Gasteiger charge is -2.17. The standard InChI is InChI=1S/C8H20O2Si/c1-5-11(6-2)7-8(9-3)10-4/h8,11H,5-7H2,1-4H3. The highest BCUT2D eigenvalue weighted by atomic mass is 28.3. The van der Waals surface area contributed by atoms with E-state index in [2.05, 4.69) is 13.8 Å². The molecule has 0 aromatic rings. The molecule has 0 N–H and O–H groups in total. The van der Waals surface area contributed by atoms with Crippen LogP contribution >= 0.6 is 0 Å². The van der Waals surface area contributed by atoms with Crippen molar-refractivity contribution in [3.05, 3.63) is 0 Å². The fourth-order valence-electron chi connectivity index (χ4n) is 1.18. The van der Waals surface area contributed by atoms with Gasteiger partial charge in [0.1, 0.15) is 0 Å². The van der Waals surface area contributed by atoms with Gasteiger partial charge in [0.25, 0.3) is 0 Å². The minimum absolute atomic E-state index is 0.0477. The Kier molecular flexibility index (Phi) is 6.91. The van der Waals surface area contributed by atoms with Gasteiger partial charge in [0.15, 0.2) is 6.29 Å². The lowest BCUT2D eigenvalue weighted by atomic mass is 10.7. The number of hydrogen-bond donors (Lipinski definition) is 0. The molecule has 2 nitrogen and oxygen atoms in total. The first-order chi connectivity index (χ1) is 5.28. The Labute approximate surface area is 71.5 Å². The Morgan fingerprint density at radius 3 is 1.82 bits per heavy atom. The van der Waals surface area contributed by atoms with Crippen LogP contribution in [0.15, 0.2) is 0 Å². The molecule has 0 aliphatic heterocycles. The molecule has 0 bridgehead atoms. The molecule has 0 radical (unpaired) electrons. The number of rotatable bonds is 6. The number of ether oxygens (including phenoxy) is 2. The van der Waals surface area contributed by atoms with Crippen molar-refractivity contribution in [2.45, 2.75) is 38.3 Å². The first-order valence-electron chi connectivity index (χ1n) is 4.34. The molecule has 0 aliphatic rings. The summed E-state index contributed by atoms with van der Waals surface area (Å²) in [5.41, 5.74) is 0. The summed E-state index contributed by atoms with van der Waals surface area (Å²) in [4.78, 5) is 0. The molecule has 0 saturated carbocycles. The highest BCUT2D eigenvalue weighted by Gasteiger charge is 2.12. The van der Waals surface area contributed by atoms with E-state index >= 15 is 0 Å². The molecule has 0 aliphatic carbocycles. The molecule has 0 heterocycles. The smallest absolute Gasteiger partial charge is 0.154 e. The summed E-state index contributed by atoms with van der Waals surface area (Å²) in [5.74, 6) is 0. The molecule has 0 saturated heterocycles. The average molecular weight is 176 g/mol. The second kappa shape index (κ2) is 6.82. The van der Waals surface area contributed by atoms with Crippen molar-refractivity contribution in [1.82, 2.24) is 0 Å². The molecule has 0 amide bonds. The van der Waals surface area contributed by atoms with Crippen LogP contribution < -0.4 is 0 Å². The van der Waals surface area contributed by atoms with Gasteiger partial charge in [0.05, 0.1) is 0 Å². The van der Waals surface area contributed by atoms with Gasteiger partial charge in [-0.1, -0.05) is 25.9 Å². The molecule has 3 heteroatoms. The van der Waals surface area contributed by atoms with Crippen LogP contribution in [0.2, 0.25) is 18.1 Å². The fourth-order valence-corrected chi connectivity index (χ4v) is 3.36. The van der Waals surface area contributed by atoms with Crippen molar-refractivity contribution < 1.29 is 9.47 Å². The summed E-state index contributed by atoms with van der Waals surface area (Å²) in [5, 5.41) is 0. The van der Waals surface area contributed by atoms with E-state index < -0.39 is 8.80 Å². The molecular weight excluding hydrogens is 156 g/mol. The van der Waals surface area contributed by atoms with Crippen molar-refractivity contribution in [2.24, 2.45) is 0 Å². The van der Waals surface area contributed by atoms with E-state index in [1.165, 1.54) is 12.1 Å². The lowest BCUT2D eigenvalue weighted by Crippen LogP contribution is -2.22. The van der Waals surface area contributed by atoms with Crippen LogP contribution in [-0.2, 0) is 9.47 Å². The summed E-state index contributed by atoms with van der Waals surface area (Å²) in [6.07, 6.45) is 0.0477. The van der Waals surface area contributed by atoms with E-state index in [0.29, 0.717) is 0 Å². The highest BCUT2D eigenvalue weighted by molar-refractivity contribution is 6.58. The topological polar surface area (TPSA) is 18.5 Å². The predicted octanol–water partition coefficient (Wildman–Crippen LogP) is 1.87. The monoisotopic (exact) mass is 176 g/mol. The van der Waals surface area contributed by atoms with Gasteiger partial charge in [0.2, 0.25) is 0 Å². The van der Waals surface area contributed by atoms with Crippen LogP contribution in [0, 0.1) is 0 Å². The lowest BCUT2D eigenvalue weighted by molar-refractivity contribution is -0.0881. The molecule has 0 atom stereocenters. The summed E-state index contributed by atoms with van der Waals surface area (Å²) in [6, 6.07) is 3.85. The molecule has 0 unspecified atom stereocenters. The van der Waals surface area contributed by atoms with Gasteiger partial charge in [-0.2, -0.15) is 0 Å². The first-order valence-corrected chi connectivity index (χ1v) is 6.78. The first kappa shape index (κ1) is 11.1. The van der Waals surface area contributed by atoms with Crippen molar-refractivity contribution >= 4 is 8.80 Å². The fraction of sp³-hybridized carbons (Fsp3) is 1.00. The van der Waals surface area contributed by atoms with Gasteiger partial charge in [-0.05, 0) is 6.04 Å². The van der Waals surface area contributed by atoms with Crippen molar-refractivity contribution in [3.63, 3.8) is 0 Å². The van der Waals surface area contributed by atoms with Gasteiger partial charge < -0.3 is 9.47 Å². The van der Waals surface area contributed by atoms with Crippen molar-refractivity contribution in [2.75, 3.05) is 14.2 Å². The normalized spacial score (nSPS) is 11.5. The Balaban J connectivity index is 3.58. The zero-order valence-corrected chi connectivity index (χ0v) is 9.25. The zero-order chi connectivity index (χ0) is 8.69. The van der Waals surface area contributed by atoms with E-state index in [4.69, 9.17) is 9.47 Å². The van der Waals surface area contributed by atoms with E-state index in [1.54, 1.807) is 14.2 Å². The molecular formula is C8H20O2Si. The zero-order valence-electron chi connectivity index (χ0n) is 8.09. The van der Waals surface area contributed by atoms with Gasteiger partial charge in [0, 0.05) is 23.0 Å². The van der Waals surface area contributed by atoms with Crippen molar-refractivity contribution in [1.29, 1.82) is 0 Å². The third-order valence-corrected chi connectivity index (χ3v) is 5.57. The number of hydrogen-bond acceptors (Lipinski definition) is 2. The molecule has 0 spiro atoms. The molecule has 0 aromatic heterocycles. The van der Waals surface area contributed by atoms with Gasteiger partial charge >= 0.3 is 0 Å². The Morgan fingerprint density at radius 2 is 1.55 bits per heavy atom. The van der Waals surface area contributed by atoms with Crippen LogP contribution in [0.3, 0.4) is 0 Å². The quantitative estimate of drug-likeness (QED) is 0.454. The highest BCUT2D eigenvalue weighted by Crippen LogP contribution is 2.10. The van der Waals surface area contributed by atoms with Gasteiger partial charge in [-0.25, -0.2) is 0 Å². The molecule has 11 heavy (non-hydrogen) atoms. The van der Waals surface area contributed by atoms with Crippen LogP contribution in [0.4, 0.5) is 0 Å². The summed E-state index contributed by atoms with van der Waals surface area (Å²) < 4.78 is 10.3. The second-order valence-electron chi connectivity index (χ2n) is 2.82. The van der Waals surface area contributed by atoms with Crippen LogP contribution in [0.25, 0.3) is 0 Å².